The Kier molecular flexibility index (Phi) is 11.9. The molecule has 271 valence electrons. The number of halogens is 6. The summed E-state index contributed by atoms with van der Waals surface area (Å²) in [6.07, 6.45) is -7.06. The monoisotopic (exact) mass is 893 g/mol. The number of rotatable bonds is 5. The standard InChI is InChI=1S/C32H31F3NS.C7H9F3O2.Ir/c1-19-21-12-8-9-13-22(21)26(30(2,3)4)17-25(19)27-29-24(15-16-36(27)7)23-14-10-11-20(28(23)37-29)18-31(5,6)32(33,34)35;1-4(2)5(11)3-6(12)7(8,9)10;/h8-17H,1,7,18H2,2-6H3;3-4,12H,1-2H3;/q-1;;/b;6-3-;. The van der Waals surface area contributed by atoms with E-state index in [-0.39, 0.29) is 38.0 Å². The van der Waals surface area contributed by atoms with E-state index in [9.17, 15) is 31.1 Å². The number of carbonyl (C=O) groups is 1. The predicted molar refractivity (Wildman–Crippen MR) is 187 cm³/mol. The molecule has 0 aliphatic heterocycles. The molecule has 0 amide bonds. The molecule has 1 radical (unpaired) electrons. The van der Waals surface area contributed by atoms with Crippen LogP contribution in [-0.2, 0) is 36.7 Å². The first-order chi connectivity index (χ1) is 22.5. The Hall–Kier alpha value is -3.53. The van der Waals surface area contributed by atoms with Crippen LogP contribution in [-0.4, -0.2) is 23.2 Å². The molecule has 50 heavy (non-hydrogen) atoms. The van der Waals surface area contributed by atoms with Crippen LogP contribution >= 0.6 is 11.3 Å². The van der Waals surface area contributed by atoms with Gasteiger partial charge in [0.15, 0.2) is 5.78 Å². The van der Waals surface area contributed by atoms with Crippen molar-refractivity contribution < 1.29 is 60.9 Å². The van der Waals surface area contributed by atoms with Crippen molar-refractivity contribution in [3.63, 3.8) is 0 Å². The Morgan fingerprint density at radius 1 is 0.880 bits per heavy atom. The molecule has 0 fully saturated rings. The summed E-state index contributed by atoms with van der Waals surface area (Å²) in [5, 5.41) is 12.6. The van der Waals surface area contributed by atoms with E-state index in [1.165, 1.54) is 38.6 Å². The molecule has 11 heteroatoms. The minimum Gasteiger partial charge on any atom is -0.504 e. The van der Waals surface area contributed by atoms with Gasteiger partial charge in [0.25, 0.3) is 0 Å². The van der Waals surface area contributed by atoms with Crippen molar-refractivity contribution in [3.8, 4) is 11.3 Å². The molecule has 5 aromatic rings. The molecule has 2 aromatic heterocycles. The van der Waals surface area contributed by atoms with Gasteiger partial charge in [-0.1, -0.05) is 95.8 Å². The third-order valence-corrected chi connectivity index (χ3v) is 9.82. The molecule has 0 saturated carbocycles. The number of carbonyl (C=O) groups excluding carboxylic acids is 1. The normalized spacial score (nSPS) is 13.0. The fourth-order valence-corrected chi connectivity index (χ4v) is 6.93. The van der Waals surface area contributed by atoms with Crippen molar-refractivity contribution in [1.29, 1.82) is 0 Å². The smallest absolute Gasteiger partial charge is 0.448 e. The number of allylic oxidation sites excluding steroid dienone is 2. The number of hydrogen-bond donors (Lipinski definition) is 1. The maximum Gasteiger partial charge on any atom is 0.448 e. The first-order valence-corrected chi connectivity index (χ1v) is 16.4. The molecule has 0 aliphatic rings. The van der Waals surface area contributed by atoms with Crippen LogP contribution in [0.5, 0.6) is 0 Å². The van der Waals surface area contributed by atoms with Gasteiger partial charge in [0.2, 0.25) is 5.76 Å². The van der Waals surface area contributed by atoms with Crippen LogP contribution < -0.4 is 4.57 Å². The summed E-state index contributed by atoms with van der Waals surface area (Å²) in [5.74, 6) is -3.14. The molecule has 3 aromatic carbocycles. The Bertz CT molecular complexity index is 2070. The maximum atomic E-state index is 13.8. The summed E-state index contributed by atoms with van der Waals surface area (Å²) < 4.78 is 79.8. The Balaban J connectivity index is 0.000000448. The van der Waals surface area contributed by atoms with Gasteiger partial charge >= 0.3 is 12.4 Å². The zero-order chi connectivity index (χ0) is 36.9. The molecule has 1 N–H and O–H groups in total. The van der Waals surface area contributed by atoms with Crippen LogP contribution in [0.25, 0.3) is 42.2 Å². The third-order valence-electron chi connectivity index (χ3n) is 8.52. The zero-order valence-corrected chi connectivity index (χ0v) is 32.1. The first-order valence-electron chi connectivity index (χ1n) is 15.6. The second kappa shape index (κ2) is 14.6. The van der Waals surface area contributed by atoms with Crippen LogP contribution in [0.4, 0.5) is 26.3 Å². The van der Waals surface area contributed by atoms with Crippen LogP contribution in [0, 0.1) is 25.3 Å². The van der Waals surface area contributed by atoms with Crippen molar-refractivity contribution >= 4 is 48.1 Å². The average molecular weight is 893 g/mol. The van der Waals surface area contributed by atoms with E-state index in [1.807, 2.05) is 41.1 Å². The number of pyridine rings is 1. The summed E-state index contributed by atoms with van der Waals surface area (Å²) in [6, 6.07) is 18.2. The van der Waals surface area contributed by atoms with E-state index < -0.39 is 35.2 Å². The molecule has 0 saturated heterocycles. The fraction of sp³-hybridized carbons (Fsp3) is 0.333. The molecule has 5 rings (SSSR count). The maximum absolute atomic E-state index is 13.8. The molecular weight excluding hydrogens is 853 g/mol. The largest absolute Gasteiger partial charge is 0.504 e. The number of aliphatic hydroxyl groups is 1. The summed E-state index contributed by atoms with van der Waals surface area (Å²) >= 11 is 1.55. The molecule has 0 aliphatic carbocycles. The van der Waals surface area contributed by atoms with Crippen LogP contribution in [0.15, 0.2) is 72.6 Å². The van der Waals surface area contributed by atoms with Crippen LogP contribution in [0.2, 0.25) is 0 Å². The number of ketones is 1. The Morgan fingerprint density at radius 2 is 1.44 bits per heavy atom. The average Bonchev–Trinajstić information content (AvgIpc) is 3.36. The number of benzene rings is 3. The first kappa shape index (κ1) is 40.9. The van der Waals surface area contributed by atoms with Gasteiger partial charge in [-0.05, 0) is 34.2 Å². The van der Waals surface area contributed by atoms with Gasteiger partial charge in [-0.3, -0.25) is 4.79 Å². The van der Waals surface area contributed by atoms with Crippen LogP contribution in [0.1, 0.15) is 65.2 Å². The van der Waals surface area contributed by atoms with Gasteiger partial charge in [-0.15, -0.1) is 34.4 Å². The summed E-state index contributed by atoms with van der Waals surface area (Å²) in [5.41, 5.74) is 2.85. The second-order valence-electron chi connectivity index (χ2n) is 14.2. The molecule has 0 atom stereocenters. The Labute approximate surface area is 306 Å². The third kappa shape index (κ3) is 8.32. The van der Waals surface area contributed by atoms with E-state index in [0.717, 1.165) is 42.4 Å². The van der Waals surface area contributed by atoms with Crippen LogP contribution in [0.3, 0.4) is 0 Å². The molecule has 0 spiro atoms. The minimum absolute atomic E-state index is 0. The van der Waals surface area contributed by atoms with Crippen molar-refractivity contribution in [3.05, 3.63) is 103 Å². The van der Waals surface area contributed by atoms with Crippen molar-refractivity contribution in [2.75, 3.05) is 0 Å². The van der Waals surface area contributed by atoms with E-state index in [2.05, 4.69) is 59.0 Å². The quantitative estimate of drug-likeness (QED) is 0.0628. The number of hydrogen-bond acceptors (Lipinski definition) is 3. The number of fused-ring (bicyclic) bond motifs is 4. The summed E-state index contributed by atoms with van der Waals surface area (Å²) in [6.45, 7) is 16.5. The molecule has 2 heterocycles. The van der Waals surface area contributed by atoms with Crippen molar-refractivity contribution in [2.45, 2.75) is 72.7 Å². The Morgan fingerprint density at radius 3 is 1.98 bits per heavy atom. The number of aromatic nitrogens is 1. The molecule has 0 unspecified atom stereocenters. The topological polar surface area (TPSA) is 41.2 Å². The van der Waals surface area contributed by atoms with Gasteiger partial charge in [0.05, 0.1) is 17.3 Å². The second-order valence-corrected chi connectivity index (χ2v) is 15.2. The number of aliphatic hydroxyl groups excluding tert-OH is 1. The van der Waals surface area contributed by atoms with Crippen molar-refractivity contribution in [2.24, 2.45) is 11.3 Å². The van der Waals surface area contributed by atoms with E-state index in [1.54, 1.807) is 11.3 Å². The minimum atomic E-state index is -4.83. The van der Waals surface area contributed by atoms with Crippen molar-refractivity contribution in [1.82, 2.24) is 0 Å². The SMILES string of the molecule is CC(C)C(=O)/C=C(\O)C(F)(F)F.[CH2-]c1c(-c2c3sc4c(CC(C)(C)C(F)(F)F)cccc4c3cc[n+]2[CH2-])cc(C(C)(C)C)c2ccccc12.[Ir]. The van der Waals surface area contributed by atoms with E-state index in [4.69, 9.17) is 5.11 Å². The molecule has 3 nitrogen and oxygen atoms in total. The number of alkyl halides is 6. The predicted octanol–water partition coefficient (Wildman–Crippen LogP) is 11.6. The summed E-state index contributed by atoms with van der Waals surface area (Å²) in [7, 11) is 4.29. The van der Waals surface area contributed by atoms with Gasteiger partial charge in [0.1, 0.15) is 0 Å². The molecule has 0 bridgehead atoms. The van der Waals surface area contributed by atoms with Gasteiger partial charge < -0.3 is 9.67 Å². The van der Waals surface area contributed by atoms with Gasteiger partial charge in [-0.2, -0.15) is 38.8 Å². The van der Waals surface area contributed by atoms with Gasteiger partial charge in [0, 0.05) is 48.5 Å². The van der Waals surface area contributed by atoms with E-state index >= 15 is 0 Å². The fourth-order valence-electron chi connectivity index (χ4n) is 5.55. The zero-order valence-electron chi connectivity index (χ0n) is 28.9. The molecular formula is C39H40F6IrNO2S-. The summed E-state index contributed by atoms with van der Waals surface area (Å²) in [4.78, 5) is 10.7. The van der Waals surface area contributed by atoms with E-state index in [0.29, 0.717) is 5.56 Å². The van der Waals surface area contributed by atoms with Gasteiger partial charge in [-0.25, -0.2) is 0 Å². The number of thiophene rings is 1. The number of nitrogens with zero attached hydrogens (tertiary/aromatic N) is 1.